The monoisotopic (exact) mass is 369 g/mol. The lowest BCUT2D eigenvalue weighted by molar-refractivity contribution is -0.163. The minimum absolute atomic E-state index is 0.254. The van der Waals surface area contributed by atoms with Gasteiger partial charge in [0.1, 0.15) is 0 Å². The van der Waals surface area contributed by atoms with E-state index < -0.39 is 23.5 Å². The van der Waals surface area contributed by atoms with Gasteiger partial charge in [0.15, 0.2) is 0 Å². The van der Waals surface area contributed by atoms with Crippen LogP contribution in [0, 0.1) is 5.92 Å². The van der Waals surface area contributed by atoms with Crippen LogP contribution in [-0.2, 0) is 16.0 Å². The number of H-pyrrole nitrogens is 1. The van der Waals surface area contributed by atoms with Crippen LogP contribution in [0.15, 0.2) is 30.5 Å². The number of nitrogens with one attached hydrogen (secondary N) is 2. The molecule has 1 aromatic heterocycles. The molecule has 0 spiro atoms. The fraction of sp³-hybridized carbons (Fsp3) is 0.400. The summed E-state index contributed by atoms with van der Waals surface area (Å²) in [5.74, 6) is -2.55. The number of carbonyl (C=O) groups excluding carboxylic acids is 1. The van der Waals surface area contributed by atoms with Crippen molar-refractivity contribution in [1.82, 2.24) is 15.2 Å². The normalized spacial score (nSPS) is 26.8. The van der Waals surface area contributed by atoms with Gasteiger partial charge >= 0.3 is 5.97 Å². The first-order valence-electron chi connectivity index (χ1n) is 8.94. The van der Waals surface area contributed by atoms with E-state index in [9.17, 15) is 14.7 Å². The molecule has 4 rings (SSSR count). The van der Waals surface area contributed by atoms with E-state index in [1.165, 1.54) is 10.9 Å². The number of carbonyl (C=O) groups is 2. The average molecular weight is 369 g/mol. The molecular weight excluding hydrogens is 346 g/mol. The van der Waals surface area contributed by atoms with Crippen LogP contribution in [0.3, 0.4) is 0 Å². The zero-order valence-corrected chi connectivity index (χ0v) is 15.5. The van der Waals surface area contributed by atoms with Crippen LogP contribution in [-0.4, -0.2) is 56.8 Å². The summed E-state index contributed by atoms with van der Waals surface area (Å²) < 4.78 is 0. The Kier molecular flexibility index (Phi) is 3.73. The van der Waals surface area contributed by atoms with Crippen LogP contribution < -0.4 is 5.32 Å². The molecule has 1 aliphatic carbocycles. The number of benzene rings is 1. The van der Waals surface area contributed by atoms with Crippen molar-refractivity contribution in [3.63, 3.8) is 0 Å². The number of carboxylic acids is 1. The topological polar surface area (TPSA) is 106 Å². The minimum atomic E-state index is -2.30. The van der Waals surface area contributed by atoms with Gasteiger partial charge in [-0.3, -0.25) is 9.69 Å². The van der Waals surface area contributed by atoms with E-state index in [0.29, 0.717) is 6.54 Å². The molecule has 27 heavy (non-hydrogen) atoms. The predicted octanol–water partition coefficient (Wildman–Crippen LogP) is 1.34. The second kappa shape index (κ2) is 5.68. The Hall–Kier alpha value is -2.64. The molecule has 0 radical (unpaired) electrons. The first kappa shape index (κ1) is 17.8. The number of likely N-dealkylation sites (N-methyl/N-ethyl adjacent to an activating group) is 1. The summed E-state index contributed by atoms with van der Waals surface area (Å²) in [4.78, 5) is 29.2. The third kappa shape index (κ3) is 2.57. The predicted molar refractivity (Wildman–Crippen MR) is 101 cm³/mol. The fourth-order valence-electron chi connectivity index (χ4n) is 4.28. The first-order chi connectivity index (χ1) is 12.6. The van der Waals surface area contributed by atoms with Crippen LogP contribution in [0.5, 0.6) is 0 Å². The summed E-state index contributed by atoms with van der Waals surface area (Å²) in [6.45, 7) is 3.66. The van der Waals surface area contributed by atoms with E-state index >= 15 is 0 Å². The van der Waals surface area contributed by atoms with Gasteiger partial charge < -0.3 is 20.5 Å². The van der Waals surface area contributed by atoms with Gasteiger partial charge in [-0.1, -0.05) is 18.2 Å². The number of aliphatic carboxylic acids is 1. The molecule has 0 fully saturated rings. The smallest absolute Gasteiger partial charge is 0.356 e. The molecule has 7 heteroatoms. The maximum Gasteiger partial charge on any atom is 0.356 e. The number of fused-ring (bicyclic) bond motifs is 2. The van der Waals surface area contributed by atoms with Gasteiger partial charge in [0, 0.05) is 29.2 Å². The van der Waals surface area contributed by atoms with Crippen molar-refractivity contribution >= 4 is 28.4 Å². The molecule has 1 aliphatic heterocycles. The van der Waals surface area contributed by atoms with Crippen molar-refractivity contribution in [3.05, 3.63) is 41.6 Å². The summed E-state index contributed by atoms with van der Waals surface area (Å²) in [5.41, 5.74) is 1.92. The van der Waals surface area contributed by atoms with Gasteiger partial charge in [0.25, 0.3) is 0 Å². The van der Waals surface area contributed by atoms with Crippen LogP contribution in [0.4, 0.5) is 0 Å². The number of carboxylic acid groups (broad SMARTS) is 1. The maximum atomic E-state index is 12.7. The van der Waals surface area contributed by atoms with Crippen molar-refractivity contribution < 1.29 is 19.8 Å². The lowest BCUT2D eigenvalue weighted by Crippen LogP contribution is -2.58. The van der Waals surface area contributed by atoms with E-state index in [4.69, 9.17) is 5.11 Å². The molecular formula is C20H23N3O4. The molecule has 4 N–H and O–H groups in total. The van der Waals surface area contributed by atoms with Crippen molar-refractivity contribution in [3.8, 4) is 0 Å². The number of hydrogen-bond acceptors (Lipinski definition) is 4. The Morgan fingerprint density at radius 2 is 2.15 bits per heavy atom. The molecule has 2 heterocycles. The van der Waals surface area contributed by atoms with E-state index in [1.54, 1.807) is 0 Å². The average Bonchev–Trinajstić information content (AvgIpc) is 2.99. The molecule has 7 nitrogen and oxygen atoms in total. The van der Waals surface area contributed by atoms with Gasteiger partial charge in [-0.15, -0.1) is 0 Å². The molecule has 142 valence electrons. The Labute approximate surface area is 156 Å². The molecule has 0 saturated heterocycles. The summed E-state index contributed by atoms with van der Waals surface area (Å²) in [6.07, 6.45) is 4.80. The lowest BCUT2D eigenvalue weighted by Gasteiger charge is -2.48. The summed E-state index contributed by atoms with van der Waals surface area (Å²) >= 11 is 0. The summed E-state index contributed by atoms with van der Waals surface area (Å²) in [7, 11) is 1.97. The van der Waals surface area contributed by atoms with Crippen molar-refractivity contribution in [2.75, 3.05) is 13.6 Å². The van der Waals surface area contributed by atoms with Crippen molar-refractivity contribution in [2.24, 2.45) is 5.92 Å². The summed E-state index contributed by atoms with van der Waals surface area (Å²) in [6, 6.07) is 6.08. The van der Waals surface area contributed by atoms with E-state index in [2.05, 4.69) is 28.2 Å². The Morgan fingerprint density at radius 3 is 2.85 bits per heavy atom. The fourth-order valence-corrected chi connectivity index (χ4v) is 4.28. The van der Waals surface area contributed by atoms with Crippen molar-refractivity contribution in [2.45, 2.75) is 31.5 Å². The molecule has 1 aromatic carbocycles. The Balaban J connectivity index is 1.78. The van der Waals surface area contributed by atoms with Crippen molar-refractivity contribution in [1.29, 1.82) is 0 Å². The quantitative estimate of drug-likeness (QED) is 0.611. The van der Waals surface area contributed by atoms with E-state index in [1.807, 2.05) is 31.5 Å². The molecule has 2 aromatic rings. The minimum Gasteiger partial charge on any atom is -0.478 e. The van der Waals surface area contributed by atoms with Gasteiger partial charge in [-0.25, -0.2) is 4.79 Å². The van der Waals surface area contributed by atoms with E-state index in [-0.39, 0.29) is 5.54 Å². The maximum absolute atomic E-state index is 12.7. The van der Waals surface area contributed by atoms with Gasteiger partial charge in [-0.05, 0) is 50.1 Å². The third-order valence-electron chi connectivity index (χ3n) is 5.99. The molecule has 2 aliphatic rings. The lowest BCUT2D eigenvalue weighted by atomic mass is 9.71. The second-order valence-electron chi connectivity index (χ2n) is 7.93. The molecule has 1 amide bonds. The number of aromatic nitrogens is 1. The number of nitrogens with zero attached hydrogens (tertiary/aromatic N) is 1. The highest BCUT2D eigenvalue weighted by atomic mass is 16.4. The van der Waals surface area contributed by atoms with Gasteiger partial charge in [-0.2, -0.15) is 0 Å². The summed E-state index contributed by atoms with van der Waals surface area (Å²) in [5, 5.41) is 22.4. The zero-order valence-electron chi connectivity index (χ0n) is 15.5. The van der Waals surface area contributed by atoms with Crippen LogP contribution in [0.1, 0.15) is 25.0 Å². The number of hydrogen-bond donors (Lipinski definition) is 4. The highest BCUT2D eigenvalue weighted by molar-refractivity contribution is 6.00. The second-order valence-corrected chi connectivity index (χ2v) is 7.93. The van der Waals surface area contributed by atoms with Crippen LogP contribution in [0.25, 0.3) is 16.5 Å². The largest absolute Gasteiger partial charge is 0.478 e. The highest BCUT2D eigenvalue weighted by Gasteiger charge is 2.45. The SMILES string of the molecule is CN1C[C@H](C(=O)N[C@](C)(O)C(=O)O)C=C2c3cccc4[nH]cc(c34)C[C@]21C. The highest BCUT2D eigenvalue weighted by Crippen LogP contribution is 2.46. The number of amides is 1. The first-order valence-corrected chi connectivity index (χ1v) is 8.94. The Morgan fingerprint density at radius 1 is 1.41 bits per heavy atom. The Bertz CT molecular complexity index is 990. The zero-order chi connectivity index (χ0) is 19.6. The van der Waals surface area contributed by atoms with Gasteiger partial charge in [0.2, 0.25) is 11.6 Å². The van der Waals surface area contributed by atoms with Gasteiger partial charge in [0.05, 0.1) is 5.92 Å². The molecule has 0 saturated carbocycles. The number of rotatable bonds is 3. The number of aromatic amines is 1. The van der Waals surface area contributed by atoms with Crippen LogP contribution >= 0.6 is 0 Å². The van der Waals surface area contributed by atoms with E-state index in [0.717, 1.165) is 30.0 Å². The molecule has 3 atom stereocenters. The number of aliphatic hydroxyl groups is 1. The molecule has 0 bridgehead atoms. The van der Waals surface area contributed by atoms with Crippen LogP contribution in [0.2, 0.25) is 0 Å². The third-order valence-corrected chi connectivity index (χ3v) is 5.99. The molecule has 0 unspecified atom stereocenters. The standard InChI is InChI=1S/C20H23N3O4/c1-19-8-12-9-21-15-6-4-5-13(16(12)15)14(19)7-11(10-23(19)3)17(24)22-20(2,27)18(25)26/h4-7,9,11,21,27H,8,10H2,1-3H3,(H,22,24)(H,25,26)/t11-,19-,20-/m1/s1.